The van der Waals surface area contributed by atoms with E-state index in [0.717, 1.165) is 44.7 Å². The number of aromatic nitrogens is 3. The molecule has 0 spiro atoms. The quantitative estimate of drug-likeness (QED) is 0.449. The molecule has 4 aromatic rings. The van der Waals surface area contributed by atoms with Crippen LogP contribution in [0.5, 0.6) is 0 Å². The number of nitrogens with zero attached hydrogens (tertiary/aromatic N) is 3. The highest BCUT2D eigenvalue weighted by molar-refractivity contribution is 6.30. The molecule has 6 nitrogen and oxygen atoms in total. The van der Waals surface area contributed by atoms with E-state index >= 15 is 0 Å². The van der Waals surface area contributed by atoms with Gasteiger partial charge in [0.1, 0.15) is 5.69 Å². The second-order valence-electron chi connectivity index (χ2n) is 7.60. The normalized spacial score (nSPS) is 14.5. The molecule has 2 N–H and O–H groups in total. The highest BCUT2D eigenvalue weighted by Crippen LogP contribution is 2.35. The number of hydrogen-bond donors (Lipinski definition) is 2. The SMILES string of the molecule is Cc1cc(-c2n[nH]c3cc4c(cc23)CN(C(C)c2cccc(Cl)c2)C(=O)N4)ccn1. The van der Waals surface area contributed by atoms with E-state index in [1.54, 1.807) is 6.20 Å². The van der Waals surface area contributed by atoms with Gasteiger partial charge in [0.05, 0.1) is 18.1 Å². The molecule has 5 rings (SSSR count). The van der Waals surface area contributed by atoms with Crippen LogP contribution in [0.2, 0.25) is 5.02 Å². The smallest absolute Gasteiger partial charge is 0.313 e. The fourth-order valence-electron chi connectivity index (χ4n) is 3.97. The van der Waals surface area contributed by atoms with Gasteiger partial charge in [-0.2, -0.15) is 5.10 Å². The Kier molecular flexibility index (Phi) is 4.44. The molecule has 0 aliphatic carbocycles. The molecule has 1 aliphatic heterocycles. The van der Waals surface area contributed by atoms with E-state index in [1.165, 1.54) is 0 Å². The van der Waals surface area contributed by atoms with Gasteiger partial charge in [-0.15, -0.1) is 0 Å². The summed E-state index contributed by atoms with van der Waals surface area (Å²) in [6.07, 6.45) is 1.79. The average molecular weight is 418 g/mol. The molecule has 30 heavy (non-hydrogen) atoms. The zero-order valence-electron chi connectivity index (χ0n) is 16.6. The lowest BCUT2D eigenvalue weighted by atomic mass is 10.0. The van der Waals surface area contributed by atoms with E-state index in [1.807, 2.05) is 61.2 Å². The number of pyridine rings is 1. The van der Waals surface area contributed by atoms with Crippen LogP contribution in [0.1, 0.15) is 29.8 Å². The van der Waals surface area contributed by atoms with Crippen molar-refractivity contribution in [2.45, 2.75) is 26.4 Å². The van der Waals surface area contributed by atoms with Crippen molar-refractivity contribution in [2.75, 3.05) is 5.32 Å². The summed E-state index contributed by atoms with van der Waals surface area (Å²) in [5.74, 6) is 0. The largest absolute Gasteiger partial charge is 0.322 e. The second-order valence-corrected chi connectivity index (χ2v) is 8.04. The summed E-state index contributed by atoms with van der Waals surface area (Å²) in [7, 11) is 0. The summed E-state index contributed by atoms with van der Waals surface area (Å²) in [4.78, 5) is 18.9. The van der Waals surface area contributed by atoms with Crippen molar-refractivity contribution >= 4 is 34.2 Å². The second kappa shape index (κ2) is 7.15. The van der Waals surface area contributed by atoms with Crippen LogP contribution < -0.4 is 5.32 Å². The Labute approximate surface area is 178 Å². The minimum atomic E-state index is -0.126. The van der Waals surface area contributed by atoms with Crippen LogP contribution in [0.15, 0.2) is 54.7 Å². The number of hydrogen-bond acceptors (Lipinski definition) is 3. The predicted octanol–water partition coefficient (Wildman–Crippen LogP) is 5.70. The van der Waals surface area contributed by atoms with Crippen molar-refractivity contribution in [3.63, 3.8) is 0 Å². The van der Waals surface area contributed by atoms with Crippen LogP contribution in [-0.2, 0) is 6.54 Å². The highest BCUT2D eigenvalue weighted by atomic mass is 35.5. The van der Waals surface area contributed by atoms with Crippen LogP contribution in [0.3, 0.4) is 0 Å². The number of fused-ring (bicyclic) bond motifs is 2. The molecule has 1 atom stereocenters. The van der Waals surface area contributed by atoms with Crippen LogP contribution in [0.25, 0.3) is 22.2 Å². The number of urea groups is 1. The number of benzene rings is 2. The van der Waals surface area contributed by atoms with Gasteiger partial charge in [0, 0.05) is 33.6 Å². The van der Waals surface area contributed by atoms with Gasteiger partial charge < -0.3 is 10.2 Å². The molecule has 0 radical (unpaired) electrons. The molecule has 2 aromatic carbocycles. The summed E-state index contributed by atoms with van der Waals surface area (Å²) in [6.45, 7) is 4.48. The predicted molar refractivity (Wildman–Crippen MR) is 118 cm³/mol. The first-order valence-corrected chi connectivity index (χ1v) is 10.1. The van der Waals surface area contributed by atoms with Gasteiger partial charge in [-0.3, -0.25) is 10.1 Å². The third-order valence-corrected chi connectivity index (χ3v) is 5.83. The number of rotatable bonds is 3. The van der Waals surface area contributed by atoms with Gasteiger partial charge in [-0.1, -0.05) is 23.7 Å². The summed E-state index contributed by atoms with van der Waals surface area (Å²) in [5, 5.41) is 12.3. The molecule has 3 heterocycles. The van der Waals surface area contributed by atoms with Gasteiger partial charge in [0.25, 0.3) is 0 Å². The Bertz CT molecular complexity index is 1280. The monoisotopic (exact) mass is 417 g/mol. The Balaban J connectivity index is 1.54. The molecule has 2 amide bonds. The number of H-pyrrole nitrogens is 1. The van der Waals surface area contributed by atoms with E-state index in [-0.39, 0.29) is 12.1 Å². The Morgan fingerprint density at radius 3 is 2.83 bits per heavy atom. The Morgan fingerprint density at radius 1 is 1.17 bits per heavy atom. The number of halogens is 1. The maximum atomic E-state index is 12.8. The van der Waals surface area contributed by atoms with Crippen LogP contribution in [0, 0.1) is 6.92 Å². The van der Waals surface area contributed by atoms with E-state index in [0.29, 0.717) is 11.6 Å². The topological polar surface area (TPSA) is 73.9 Å². The molecule has 0 fully saturated rings. The summed E-state index contributed by atoms with van der Waals surface area (Å²) in [6, 6.07) is 15.4. The first kappa shape index (κ1) is 18.6. The number of carbonyl (C=O) groups is 1. The van der Waals surface area contributed by atoms with Crippen LogP contribution in [0.4, 0.5) is 10.5 Å². The van der Waals surface area contributed by atoms with Crippen molar-refractivity contribution in [2.24, 2.45) is 0 Å². The fourth-order valence-corrected chi connectivity index (χ4v) is 4.17. The average Bonchev–Trinajstić information content (AvgIpc) is 3.14. The van der Waals surface area contributed by atoms with Crippen molar-refractivity contribution in [3.05, 3.63) is 76.6 Å². The lowest BCUT2D eigenvalue weighted by Gasteiger charge is -2.34. The van der Waals surface area contributed by atoms with Gasteiger partial charge in [-0.25, -0.2) is 4.79 Å². The third-order valence-electron chi connectivity index (χ3n) is 5.60. The standard InChI is InChI=1S/C23H20ClN5O/c1-13-8-16(6-7-25-13)22-19-10-17-12-29(14(2)15-4-3-5-18(24)9-15)23(30)26-20(17)11-21(19)27-28-22/h3-11,14H,12H2,1-2H3,(H,26,30)(H,27,28). The number of anilines is 1. The van der Waals surface area contributed by atoms with Gasteiger partial charge >= 0.3 is 6.03 Å². The minimum absolute atomic E-state index is 0.112. The van der Waals surface area contributed by atoms with E-state index in [4.69, 9.17) is 11.6 Å². The molecule has 1 aliphatic rings. The fraction of sp³-hybridized carbons (Fsp3) is 0.174. The number of carbonyl (C=O) groups excluding carboxylic acids is 1. The Morgan fingerprint density at radius 2 is 2.03 bits per heavy atom. The molecule has 150 valence electrons. The van der Waals surface area contributed by atoms with E-state index in [2.05, 4.69) is 26.6 Å². The minimum Gasteiger partial charge on any atom is -0.313 e. The first-order valence-electron chi connectivity index (χ1n) is 9.77. The van der Waals surface area contributed by atoms with Gasteiger partial charge in [0.15, 0.2) is 0 Å². The molecule has 2 aromatic heterocycles. The van der Waals surface area contributed by atoms with Crippen molar-refractivity contribution in [3.8, 4) is 11.3 Å². The molecule has 7 heteroatoms. The number of aryl methyl sites for hydroxylation is 1. The summed E-state index contributed by atoms with van der Waals surface area (Å²) < 4.78 is 0. The lowest BCUT2D eigenvalue weighted by molar-refractivity contribution is 0.186. The van der Waals surface area contributed by atoms with E-state index in [9.17, 15) is 4.79 Å². The zero-order chi connectivity index (χ0) is 20.8. The number of amides is 2. The van der Waals surface area contributed by atoms with Crippen molar-refractivity contribution in [1.82, 2.24) is 20.1 Å². The van der Waals surface area contributed by atoms with Crippen LogP contribution in [-0.4, -0.2) is 26.1 Å². The molecule has 0 saturated heterocycles. The highest BCUT2D eigenvalue weighted by Gasteiger charge is 2.28. The first-order chi connectivity index (χ1) is 14.5. The van der Waals surface area contributed by atoms with Crippen molar-refractivity contribution < 1.29 is 4.79 Å². The van der Waals surface area contributed by atoms with E-state index < -0.39 is 0 Å². The molecule has 0 bridgehead atoms. The lowest BCUT2D eigenvalue weighted by Crippen LogP contribution is -2.40. The zero-order valence-corrected chi connectivity index (χ0v) is 17.4. The third kappa shape index (κ3) is 3.19. The molecule has 1 unspecified atom stereocenters. The van der Waals surface area contributed by atoms with Crippen LogP contribution >= 0.6 is 11.6 Å². The molecular weight excluding hydrogens is 398 g/mol. The molecular formula is C23H20ClN5O. The van der Waals surface area contributed by atoms with Gasteiger partial charge in [-0.05, 0) is 61.4 Å². The molecule has 0 saturated carbocycles. The maximum absolute atomic E-state index is 12.8. The van der Waals surface area contributed by atoms with Crippen molar-refractivity contribution in [1.29, 1.82) is 0 Å². The number of aromatic amines is 1. The number of nitrogens with one attached hydrogen (secondary N) is 2. The summed E-state index contributed by atoms with van der Waals surface area (Å²) >= 11 is 6.15. The van der Waals surface area contributed by atoms with Gasteiger partial charge in [0.2, 0.25) is 0 Å². The summed E-state index contributed by atoms with van der Waals surface area (Å²) in [5.41, 5.74) is 6.57. The Hall–Kier alpha value is -3.38. The maximum Gasteiger partial charge on any atom is 0.322 e.